The van der Waals surface area contributed by atoms with Gasteiger partial charge in [0, 0.05) is 30.8 Å². The molecule has 0 N–H and O–H groups in total. The molecule has 0 radical (unpaired) electrons. The minimum atomic E-state index is -0.357. The third-order valence-corrected chi connectivity index (χ3v) is 6.52. The molecule has 2 aromatic carbocycles. The van der Waals surface area contributed by atoms with Crippen molar-refractivity contribution in [3.05, 3.63) is 70.0 Å². The first-order valence-electron chi connectivity index (χ1n) is 11.4. The van der Waals surface area contributed by atoms with E-state index in [1.54, 1.807) is 48.4 Å². The van der Waals surface area contributed by atoms with E-state index in [0.717, 1.165) is 18.4 Å². The Morgan fingerprint density at radius 1 is 1.14 bits per heavy atom. The van der Waals surface area contributed by atoms with Crippen LogP contribution in [0.1, 0.15) is 41.6 Å². The van der Waals surface area contributed by atoms with Gasteiger partial charge in [-0.25, -0.2) is 0 Å². The van der Waals surface area contributed by atoms with Crippen LogP contribution in [-0.2, 0) is 9.53 Å². The monoisotopic (exact) mass is 516 g/mol. The van der Waals surface area contributed by atoms with Gasteiger partial charge in [-0.2, -0.15) is 4.98 Å². The molecule has 0 bridgehead atoms. The highest BCUT2D eigenvalue weighted by atomic mass is 35.5. The number of nitrogens with zero attached hydrogens (tertiary/aromatic N) is 4. The zero-order valence-electron chi connectivity index (χ0n) is 19.3. The number of amides is 2. The lowest BCUT2D eigenvalue weighted by atomic mass is 10.0. The fourth-order valence-electron chi connectivity index (χ4n) is 4.09. The fourth-order valence-corrected chi connectivity index (χ4v) is 4.43. The number of aromatic nitrogens is 2. The quantitative estimate of drug-likeness (QED) is 0.423. The minimum Gasteiger partial charge on any atom is -0.383 e. The second-order valence-electron chi connectivity index (χ2n) is 8.26. The molecule has 1 fully saturated rings. The van der Waals surface area contributed by atoms with Crippen LogP contribution in [0.5, 0.6) is 0 Å². The van der Waals surface area contributed by atoms with E-state index in [2.05, 4.69) is 10.1 Å². The number of benzene rings is 2. The Labute approximate surface area is 213 Å². The summed E-state index contributed by atoms with van der Waals surface area (Å²) in [5.41, 5.74) is 1.12. The smallest absolute Gasteiger partial charge is 0.255 e. The number of carbonyl (C=O) groups is 2. The lowest BCUT2D eigenvalue weighted by molar-refractivity contribution is -0.136. The maximum absolute atomic E-state index is 13.4. The number of rotatable bonds is 8. The third-order valence-electron chi connectivity index (χ3n) is 5.94. The van der Waals surface area contributed by atoms with E-state index in [1.807, 2.05) is 12.1 Å². The molecular formula is C25H26Cl2N4O4. The molecule has 1 saturated heterocycles. The van der Waals surface area contributed by atoms with Crippen LogP contribution in [0.3, 0.4) is 0 Å². The molecular weight excluding hydrogens is 491 g/mol. The maximum Gasteiger partial charge on any atom is 0.255 e. The second kappa shape index (κ2) is 11.7. The van der Waals surface area contributed by atoms with Crippen LogP contribution >= 0.6 is 23.2 Å². The summed E-state index contributed by atoms with van der Waals surface area (Å²) >= 11 is 12.2. The number of ether oxygens (including phenoxy) is 1. The van der Waals surface area contributed by atoms with Gasteiger partial charge in [0.15, 0.2) is 0 Å². The van der Waals surface area contributed by atoms with Crippen LogP contribution in [0.4, 0.5) is 0 Å². The van der Waals surface area contributed by atoms with Crippen molar-refractivity contribution >= 4 is 35.0 Å². The molecule has 1 atom stereocenters. The van der Waals surface area contributed by atoms with Crippen molar-refractivity contribution in [3.63, 3.8) is 0 Å². The Morgan fingerprint density at radius 2 is 1.91 bits per heavy atom. The van der Waals surface area contributed by atoms with Gasteiger partial charge in [0.2, 0.25) is 17.6 Å². The number of hydrogen-bond acceptors (Lipinski definition) is 6. The topological polar surface area (TPSA) is 88.8 Å². The van der Waals surface area contributed by atoms with Crippen LogP contribution < -0.4 is 0 Å². The Morgan fingerprint density at radius 3 is 2.66 bits per heavy atom. The molecule has 1 aliphatic rings. The van der Waals surface area contributed by atoms with E-state index < -0.39 is 0 Å². The first-order chi connectivity index (χ1) is 17.0. The second-order valence-corrected chi connectivity index (χ2v) is 9.10. The number of likely N-dealkylation sites (tertiary alicyclic amines) is 1. The summed E-state index contributed by atoms with van der Waals surface area (Å²) in [5.74, 6) is 0.295. The summed E-state index contributed by atoms with van der Waals surface area (Å²) in [6.07, 6.45) is 2.49. The highest BCUT2D eigenvalue weighted by Gasteiger charge is 2.34. The first kappa shape index (κ1) is 25.2. The van der Waals surface area contributed by atoms with Gasteiger partial charge in [-0.3, -0.25) is 9.59 Å². The summed E-state index contributed by atoms with van der Waals surface area (Å²) < 4.78 is 10.7. The summed E-state index contributed by atoms with van der Waals surface area (Å²) in [6.45, 7) is 0.982. The van der Waals surface area contributed by atoms with Gasteiger partial charge in [-0.05, 0) is 55.7 Å². The molecule has 10 heteroatoms. The molecule has 4 rings (SSSR count). The predicted octanol–water partition coefficient (Wildman–Crippen LogP) is 4.89. The summed E-state index contributed by atoms with van der Waals surface area (Å²) in [4.78, 5) is 34.4. The van der Waals surface area contributed by atoms with E-state index in [9.17, 15) is 9.59 Å². The number of halogens is 2. The van der Waals surface area contributed by atoms with Crippen molar-refractivity contribution in [2.24, 2.45) is 0 Å². The third kappa shape index (κ3) is 6.01. The number of methoxy groups -OCH3 is 1. The summed E-state index contributed by atoms with van der Waals surface area (Å²) in [5, 5.41) is 5.05. The molecule has 8 nitrogen and oxygen atoms in total. The predicted molar refractivity (Wildman–Crippen MR) is 132 cm³/mol. The Hall–Kier alpha value is -2.94. The molecule has 35 heavy (non-hydrogen) atoms. The van der Waals surface area contributed by atoms with Gasteiger partial charge >= 0.3 is 0 Å². The molecule has 0 aliphatic carbocycles. The van der Waals surface area contributed by atoms with Crippen molar-refractivity contribution in [1.82, 2.24) is 19.9 Å². The lowest BCUT2D eigenvalue weighted by Crippen LogP contribution is -2.47. The fraction of sp³-hybridized carbons (Fsp3) is 0.360. The van der Waals surface area contributed by atoms with E-state index in [4.69, 9.17) is 32.5 Å². The van der Waals surface area contributed by atoms with Gasteiger partial charge in [-0.15, -0.1) is 0 Å². The largest absolute Gasteiger partial charge is 0.383 e. The van der Waals surface area contributed by atoms with E-state index in [1.165, 1.54) is 4.90 Å². The normalized spacial score (nSPS) is 15.7. The van der Waals surface area contributed by atoms with Gasteiger partial charge in [0.25, 0.3) is 5.91 Å². The average molecular weight is 517 g/mol. The number of hydrogen-bond donors (Lipinski definition) is 0. The molecule has 2 amide bonds. The maximum atomic E-state index is 13.4. The van der Waals surface area contributed by atoms with Crippen molar-refractivity contribution < 1.29 is 18.8 Å². The molecule has 0 spiro atoms. The summed E-state index contributed by atoms with van der Waals surface area (Å²) in [7, 11) is 1.55. The lowest BCUT2D eigenvalue weighted by Gasteiger charge is -2.35. The van der Waals surface area contributed by atoms with E-state index in [0.29, 0.717) is 46.9 Å². The van der Waals surface area contributed by atoms with Gasteiger partial charge in [0.1, 0.15) is 12.6 Å². The Balaban J connectivity index is 1.52. The van der Waals surface area contributed by atoms with Crippen LogP contribution in [-0.4, -0.2) is 65.1 Å². The van der Waals surface area contributed by atoms with E-state index >= 15 is 0 Å². The van der Waals surface area contributed by atoms with Crippen molar-refractivity contribution in [1.29, 1.82) is 0 Å². The molecule has 184 valence electrons. The SMILES string of the molecule is COCCN(CC(=O)N1CCCCC1c1nc(-c2ccc(Cl)cc2)no1)C(=O)c1ccccc1Cl. The van der Waals surface area contributed by atoms with Crippen LogP contribution in [0.2, 0.25) is 10.0 Å². The zero-order valence-corrected chi connectivity index (χ0v) is 20.8. The van der Waals surface area contributed by atoms with Gasteiger partial charge in [-0.1, -0.05) is 40.5 Å². The first-order valence-corrected chi connectivity index (χ1v) is 12.1. The highest BCUT2D eigenvalue weighted by molar-refractivity contribution is 6.33. The summed E-state index contributed by atoms with van der Waals surface area (Å²) in [6, 6.07) is 13.6. The molecule has 1 unspecified atom stereocenters. The van der Waals surface area contributed by atoms with Crippen molar-refractivity contribution in [3.8, 4) is 11.4 Å². The van der Waals surface area contributed by atoms with E-state index in [-0.39, 0.29) is 30.9 Å². The zero-order chi connectivity index (χ0) is 24.8. The Bertz CT molecular complexity index is 1170. The Kier molecular flexibility index (Phi) is 8.38. The molecule has 1 aliphatic heterocycles. The highest BCUT2D eigenvalue weighted by Crippen LogP contribution is 2.31. The minimum absolute atomic E-state index is 0.109. The molecule has 3 aromatic rings. The molecule has 0 saturated carbocycles. The number of carbonyl (C=O) groups excluding carboxylic acids is 2. The molecule has 1 aromatic heterocycles. The average Bonchev–Trinajstić information content (AvgIpc) is 3.37. The standard InChI is InChI=1S/C25H26Cl2N4O4/c1-34-15-14-30(25(33)19-6-2-3-7-20(19)27)16-22(32)31-13-5-4-8-21(31)24-28-23(29-35-24)17-9-11-18(26)12-10-17/h2-3,6-7,9-12,21H,4-5,8,13-16H2,1H3. The van der Waals surface area contributed by atoms with Crippen LogP contribution in [0.15, 0.2) is 53.1 Å². The van der Waals surface area contributed by atoms with Gasteiger partial charge < -0.3 is 19.1 Å². The van der Waals surface area contributed by atoms with Crippen LogP contribution in [0, 0.1) is 0 Å². The van der Waals surface area contributed by atoms with Gasteiger partial charge in [0.05, 0.1) is 17.2 Å². The van der Waals surface area contributed by atoms with Crippen LogP contribution in [0.25, 0.3) is 11.4 Å². The number of piperidine rings is 1. The van der Waals surface area contributed by atoms with Crippen molar-refractivity contribution in [2.75, 3.05) is 33.4 Å². The molecule has 2 heterocycles. The van der Waals surface area contributed by atoms with Crippen molar-refractivity contribution in [2.45, 2.75) is 25.3 Å².